The highest BCUT2D eigenvalue weighted by molar-refractivity contribution is 8.29. The quantitative estimate of drug-likeness (QED) is 0.536. The van der Waals surface area contributed by atoms with E-state index in [-0.39, 0.29) is 0 Å². The van der Waals surface area contributed by atoms with Crippen LogP contribution in [0.4, 0.5) is 5.69 Å². The summed E-state index contributed by atoms with van der Waals surface area (Å²) in [5.74, 6) is 0. The van der Waals surface area contributed by atoms with Crippen molar-refractivity contribution in [3.05, 3.63) is 29.8 Å². The van der Waals surface area contributed by atoms with Gasteiger partial charge in [-0.15, -0.1) is 0 Å². The van der Waals surface area contributed by atoms with Crippen molar-refractivity contribution in [2.75, 3.05) is 0 Å². The van der Waals surface area contributed by atoms with Crippen LogP contribution in [0.25, 0.3) is 0 Å². The lowest BCUT2D eigenvalue weighted by atomic mass is 10.2. The van der Waals surface area contributed by atoms with E-state index in [2.05, 4.69) is 80.2 Å². The summed E-state index contributed by atoms with van der Waals surface area (Å²) >= 11 is 2.11. The Morgan fingerprint density at radius 3 is 2.29 bits per heavy atom. The molecule has 3 heteroatoms. The van der Waals surface area contributed by atoms with Crippen LogP contribution in [-0.2, 0) is 0 Å². The van der Waals surface area contributed by atoms with Gasteiger partial charge < -0.3 is 0 Å². The van der Waals surface area contributed by atoms with Crippen molar-refractivity contribution in [2.24, 2.45) is 4.99 Å². The topological polar surface area (TPSA) is 12.4 Å². The van der Waals surface area contributed by atoms with Crippen molar-refractivity contribution < 1.29 is 0 Å². The molecule has 0 aliphatic carbocycles. The summed E-state index contributed by atoms with van der Waals surface area (Å²) in [6, 6.07) is 8.38. The first-order valence-corrected chi connectivity index (χ1v) is 11.3. The first kappa shape index (κ1) is 14.5. The number of hydrogen-bond donors (Lipinski definition) is 0. The fraction of sp³-hybridized carbons (Fsp3) is 0.500. The predicted molar refractivity (Wildman–Crippen MR) is 84.3 cm³/mol. The largest absolute Gasteiger partial charge is 0.260 e. The van der Waals surface area contributed by atoms with Crippen molar-refractivity contribution in [3.63, 3.8) is 0 Å². The number of aryl methyl sites for hydroxylation is 1. The molecule has 1 aromatic carbocycles. The van der Waals surface area contributed by atoms with Crippen molar-refractivity contribution in [1.29, 1.82) is 0 Å². The predicted octanol–water partition coefficient (Wildman–Crippen LogP) is 5.04. The summed E-state index contributed by atoms with van der Waals surface area (Å²) in [4.78, 5) is 4.58. The molecule has 0 saturated carbocycles. The lowest BCUT2D eigenvalue weighted by Gasteiger charge is -2.20. The maximum Gasteiger partial charge on any atom is 0.109 e. The highest BCUT2D eigenvalue weighted by Crippen LogP contribution is 2.26. The molecule has 0 saturated heterocycles. The zero-order valence-electron chi connectivity index (χ0n) is 11.5. The second kappa shape index (κ2) is 6.41. The average molecular weight is 265 g/mol. The number of aliphatic imine (C=N–C) groups is 1. The fourth-order valence-corrected chi connectivity index (χ4v) is 6.08. The molecular weight excluding hydrogens is 242 g/mol. The van der Waals surface area contributed by atoms with E-state index in [4.69, 9.17) is 0 Å². The second-order valence-electron chi connectivity index (χ2n) is 5.29. The molecule has 0 aliphatic rings. The third-order valence-corrected chi connectivity index (χ3v) is 6.83. The van der Waals surface area contributed by atoms with Crippen LogP contribution in [0, 0.1) is 6.92 Å². The fourth-order valence-electron chi connectivity index (χ4n) is 1.47. The molecule has 94 valence electrons. The number of hydrogen-bond acceptors (Lipinski definition) is 2. The summed E-state index contributed by atoms with van der Waals surface area (Å²) in [7, 11) is -1.06. The summed E-state index contributed by atoms with van der Waals surface area (Å²) in [6.07, 6.45) is 3.28. The second-order valence-corrected chi connectivity index (χ2v) is 14.7. The molecular formula is C14H23NSSi. The molecule has 0 radical (unpaired) electrons. The van der Waals surface area contributed by atoms with Gasteiger partial charge >= 0.3 is 0 Å². The van der Waals surface area contributed by atoms with Crippen LogP contribution in [0.15, 0.2) is 29.3 Å². The summed E-state index contributed by atoms with van der Waals surface area (Å²) in [5, 5.41) is 0.558. The van der Waals surface area contributed by atoms with Gasteiger partial charge in [0.05, 0.1) is 5.69 Å². The summed E-state index contributed by atoms with van der Waals surface area (Å²) in [6.45, 7) is 11.5. The van der Waals surface area contributed by atoms with Gasteiger partial charge in [0.25, 0.3) is 0 Å². The van der Waals surface area contributed by atoms with Crippen LogP contribution in [0.5, 0.6) is 0 Å². The molecule has 1 aromatic rings. The van der Waals surface area contributed by atoms with Gasteiger partial charge in [-0.1, -0.05) is 44.3 Å². The maximum atomic E-state index is 4.58. The van der Waals surface area contributed by atoms with Gasteiger partial charge in [-0.25, -0.2) is 0 Å². The zero-order chi connectivity index (χ0) is 12.9. The Balaban J connectivity index is 2.64. The third-order valence-electron chi connectivity index (χ3n) is 2.33. The minimum Gasteiger partial charge on any atom is -0.260 e. The molecule has 0 heterocycles. The monoisotopic (exact) mass is 265 g/mol. The average Bonchev–Trinajstić information content (AvgIpc) is 2.25. The van der Waals surface area contributed by atoms with E-state index in [0.717, 1.165) is 12.1 Å². The summed E-state index contributed by atoms with van der Waals surface area (Å²) < 4.78 is 0. The van der Waals surface area contributed by atoms with Crippen LogP contribution in [-0.4, -0.2) is 18.7 Å². The van der Waals surface area contributed by atoms with E-state index >= 15 is 0 Å². The lowest BCUT2D eigenvalue weighted by molar-refractivity contribution is 1.03. The Kier molecular flexibility index (Phi) is 5.47. The molecule has 0 amide bonds. The molecule has 0 bridgehead atoms. The zero-order valence-corrected chi connectivity index (χ0v) is 13.3. The van der Waals surface area contributed by atoms with Gasteiger partial charge in [-0.3, -0.25) is 4.99 Å². The van der Waals surface area contributed by atoms with Gasteiger partial charge in [-0.2, -0.15) is 11.2 Å². The standard InChI is InChI=1S/C14H23NSSi/c1-6-14(16-17(3,4)5)11-15-13-9-7-12(2)8-10-13/h7-11,14H,6H2,1-5H3/b15-11+. The molecule has 1 atom stereocenters. The highest BCUT2D eigenvalue weighted by Gasteiger charge is 2.18. The minimum absolute atomic E-state index is 0.558. The first-order valence-electron chi connectivity index (χ1n) is 6.19. The Morgan fingerprint density at radius 1 is 1.24 bits per heavy atom. The molecule has 0 spiro atoms. The van der Waals surface area contributed by atoms with E-state index in [1.165, 1.54) is 5.56 Å². The van der Waals surface area contributed by atoms with E-state index in [1.807, 2.05) is 0 Å². The van der Waals surface area contributed by atoms with E-state index in [0.29, 0.717) is 5.25 Å². The molecule has 0 aliphatic heterocycles. The molecule has 1 rings (SSSR count). The number of rotatable bonds is 5. The van der Waals surface area contributed by atoms with Crippen LogP contribution >= 0.6 is 11.2 Å². The third kappa shape index (κ3) is 6.08. The highest BCUT2D eigenvalue weighted by atomic mass is 32.4. The van der Waals surface area contributed by atoms with Gasteiger partial charge in [0.15, 0.2) is 0 Å². The molecule has 1 nitrogen and oxygen atoms in total. The SMILES string of the molecule is CCC(/C=N/c1ccc(C)cc1)S[Si](C)(C)C. The molecule has 0 N–H and O–H groups in total. The van der Waals surface area contributed by atoms with Crippen molar-refractivity contribution >= 4 is 30.3 Å². The maximum absolute atomic E-state index is 4.58. The van der Waals surface area contributed by atoms with E-state index in [1.54, 1.807) is 0 Å². The number of benzene rings is 1. The minimum atomic E-state index is -1.06. The van der Waals surface area contributed by atoms with E-state index in [9.17, 15) is 0 Å². The molecule has 0 fully saturated rings. The number of nitrogens with zero attached hydrogens (tertiary/aromatic N) is 1. The van der Waals surface area contributed by atoms with Crippen molar-refractivity contribution in [1.82, 2.24) is 0 Å². The molecule has 17 heavy (non-hydrogen) atoms. The van der Waals surface area contributed by atoms with Crippen LogP contribution in [0.3, 0.4) is 0 Å². The summed E-state index contributed by atoms with van der Waals surface area (Å²) in [5.41, 5.74) is 2.35. The van der Waals surface area contributed by atoms with Gasteiger partial charge in [0.2, 0.25) is 0 Å². The van der Waals surface area contributed by atoms with Gasteiger partial charge in [0, 0.05) is 11.5 Å². The van der Waals surface area contributed by atoms with E-state index < -0.39 is 7.22 Å². The van der Waals surface area contributed by atoms with Crippen LogP contribution < -0.4 is 0 Å². The van der Waals surface area contributed by atoms with Crippen LogP contribution in [0.1, 0.15) is 18.9 Å². The Morgan fingerprint density at radius 2 is 1.82 bits per heavy atom. The lowest BCUT2D eigenvalue weighted by Crippen LogP contribution is -2.20. The Bertz CT molecular complexity index is 365. The van der Waals surface area contributed by atoms with Gasteiger partial charge in [0.1, 0.15) is 7.22 Å². The van der Waals surface area contributed by atoms with Crippen molar-refractivity contribution in [3.8, 4) is 0 Å². The molecule has 0 aromatic heterocycles. The van der Waals surface area contributed by atoms with Crippen LogP contribution in [0.2, 0.25) is 19.6 Å². The van der Waals surface area contributed by atoms with Gasteiger partial charge in [-0.05, 0) is 25.5 Å². The van der Waals surface area contributed by atoms with Crippen molar-refractivity contribution in [2.45, 2.75) is 45.2 Å². The first-order chi connectivity index (χ1) is 7.90. The normalized spacial score (nSPS) is 14.2. The Labute approximate surface area is 110 Å². The Hall–Kier alpha value is -0.543. The molecule has 1 unspecified atom stereocenters. The smallest absolute Gasteiger partial charge is 0.109 e.